The minimum atomic E-state index is -0.262. The minimum Gasteiger partial charge on any atom is -0.337 e. The standard InChI is InChI=1S/C16H25N3O2/c1-12(20)13-7-6-8-14(9-13)18-15(21)17-10-16(2,3)11-19(4)5/h6-9H,10-11H2,1-5H3,(H2,17,18,21). The van der Waals surface area contributed by atoms with Crippen LogP contribution in [0, 0.1) is 5.41 Å². The second kappa shape index (κ2) is 7.22. The van der Waals surface area contributed by atoms with Crippen molar-refractivity contribution in [2.75, 3.05) is 32.5 Å². The third kappa shape index (κ3) is 6.40. The highest BCUT2D eigenvalue weighted by molar-refractivity contribution is 5.96. The van der Waals surface area contributed by atoms with Gasteiger partial charge in [0.05, 0.1) is 0 Å². The van der Waals surface area contributed by atoms with Crippen molar-refractivity contribution in [3.63, 3.8) is 0 Å². The van der Waals surface area contributed by atoms with Crippen molar-refractivity contribution in [3.05, 3.63) is 29.8 Å². The molecule has 0 atom stereocenters. The lowest BCUT2D eigenvalue weighted by Crippen LogP contribution is -2.41. The highest BCUT2D eigenvalue weighted by Crippen LogP contribution is 2.15. The first-order chi connectivity index (χ1) is 9.69. The maximum absolute atomic E-state index is 11.9. The van der Waals surface area contributed by atoms with Crippen LogP contribution in [0.25, 0.3) is 0 Å². The molecule has 5 nitrogen and oxygen atoms in total. The first-order valence-electron chi connectivity index (χ1n) is 7.00. The Morgan fingerprint density at radius 1 is 1.24 bits per heavy atom. The van der Waals surface area contributed by atoms with Crippen molar-refractivity contribution >= 4 is 17.5 Å². The highest BCUT2D eigenvalue weighted by Gasteiger charge is 2.19. The maximum atomic E-state index is 11.9. The number of Topliss-reactive ketones (excluding diaryl/α,β-unsaturated/α-hetero) is 1. The summed E-state index contributed by atoms with van der Waals surface area (Å²) in [7, 11) is 4.02. The molecule has 0 unspecified atom stereocenters. The summed E-state index contributed by atoms with van der Waals surface area (Å²) < 4.78 is 0. The Bertz CT molecular complexity index is 510. The van der Waals surface area contributed by atoms with Gasteiger partial charge in [0.2, 0.25) is 0 Å². The number of nitrogens with zero attached hydrogens (tertiary/aromatic N) is 1. The first-order valence-corrected chi connectivity index (χ1v) is 7.00. The van der Waals surface area contributed by atoms with E-state index in [2.05, 4.69) is 29.4 Å². The molecule has 0 radical (unpaired) electrons. The first kappa shape index (κ1) is 17.2. The smallest absolute Gasteiger partial charge is 0.319 e. The number of benzene rings is 1. The van der Waals surface area contributed by atoms with E-state index in [1.807, 2.05) is 14.1 Å². The average Bonchev–Trinajstić information content (AvgIpc) is 2.35. The summed E-state index contributed by atoms with van der Waals surface area (Å²) in [4.78, 5) is 25.3. The van der Waals surface area contributed by atoms with E-state index in [4.69, 9.17) is 0 Å². The van der Waals surface area contributed by atoms with E-state index in [-0.39, 0.29) is 17.2 Å². The number of carbonyl (C=O) groups is 2. The van der Waals surface area contributed by atoms with Crippen LogP contribution in [-0.4, -0.2) is 43.9 Å². The average molecular weight is 291 g/mol. The molecule has 0 fully saturated rings. The van der Waals surface area contributed by atoms with Gasteiger partial charge in [-0.3, -0.25) is 4.79 Å². The summed E-state index contributed by atoms with van der Waals surface area (Å²) in [6.45, 7) is 7.16. The molecule has 2 N–H and O–H groups in total. The lowest BCUT2D eigenvalue weighted by Gasteiger charge is -2.28. The fourth-order valence-corrected chi connectivity index (χ4v) is 2.22. The Balaban J connectivity index is 2.54. The third-order valence-electron chi connectivity index (χ3n) is 3.00. The van der Waals surface area contributed by atoms with E-state index in [1.54, 1.807) is 24.3 Å². The third-order valence-corrected chi connectivity index (χ3v) is 3.00. The van der Waals surface area contributed by atoms with Crippen molar-refractivity contribution in [1.82, 2.24) is 10.2 Å². The fourth-order valence-electron chi connectivity index (χ4n) is 2.22. The molecule has 1 aromatic rings. The molecule has 2 amide bonds. The van der Waals surface area contributed by atoms with Crippen LogP contribution in [0.4, 0.5) is 10.5 Å². The van der Waals surface area contributed by atoms with Gasteiger partial charge in [-0.2, -0.15) is 0 Å². The van der Waals surface area contributed by atoms with Gasteiger partial charge in [0.1, 0.15) is 0 Å². The van der Waals surface area contributed by atoms with E-state index in [1.165, 1.54) is 6.92 Å². The number of hydrogen-bond donors (Lipinski definition) is 2. The molecule has 0 saturated heterocycles. The summed E-state index contributed by atoms with van der Waals surface area (Å²) in [5, 5.41) is 5.61. The number of ketones is 1. The van der Waals surface area contributed by atoms with Gasteiger partial charge >= 0.3 is 6.03 Å². The largest absolute Gasteiger partial charge is 0.337 e. The number of urea groups is 1. The van der Waals surface area contributed by atoms with Crippen molar-refractivity contribution in [2.24, 2.45) is 5.41 Å². The lowest BCUT2D eigenvalue weighted by atomic mass is 9.93. The van der Waals surface area contributed by atoms with Gasteiger partial charge < -0.3 is 15.5 Å². The van der Waals surface area contributed by atoms with Crippen molar-refractivity contribution in [2.45, 2.75) is 20.8 Å². The van der Waals surface area contributed by atoms with E-state index in [0.717, 1.165) is 6.54 Å². The Labute approximate surface area is 126 Å². The van der Waals surface area contributed by atoms with Crippen LogP contribution in [0.1, 0.15) is 31.1 Å². The second-order valence-electron chi connectivity index (χ2n) is 6.35. The van der Waals surface area contributed by atoms with Crippen LogP contribution in [0.15, 0.2) is 24.3 Å². The van der Waals surface area contributed by atoms with E-state index >= 15 is 0 Å². The molecule has 1 rings (SSSR count). The molecule has 0 bridgehead atoms. The van der Waals surface area contributed by atoms with Gasteiger partial charge in [0.15, 0.2) is 5.78 Å². The molecule has 0 saturated carbocycles. The predicted octanol–water partition coefficient (Wildman–Crippen LogP) is 2.60. The Kier molecular flexibility index (Phi) is 5.90. The van der Waals surface area contributed by atoms with Gasteiger partial charge in [-0.25, -0.2) is 4.79 Å². The molecule has 0 aliphatic carbocycles. The SMILES string of the molecule is CC(=O)c1cccc(NC(=O)NCC(C)(C)CN(C)C)c1. The normalized spacial score (nSPS) is 11.3. The number of amides is 2. The zero-order valence-corrected chi connectivity index (χ0v) is 13.5. The molecule has 5 heteroatoms. The zero-order valence-electron chi connectivity index (χ0n) is 13.5. The van der Waals surface area contributed by atoms with Gasteiger partial charge in [0, 0.05) is 24.3 Å². The summed E-state index contributed by atoms with van der Waals surface area (Å²) >= 11 is 0. The summed E-state index contributed by atoms with van der Waals surface area (Å²) in [6.07, 6.45) is 0. The highest BCUT2D eigenvalue weighted by atomic mass is 16.2. The van der Waals surface area contributed by atoms with Gasteiger partial charge in [-0.1, -0.05) is 26.0 Å². The van der Waals surface area contributed by atoms with E-state index in [9.17, 15) is 9.59 Å². The quantitative estimate of drug-likeness (QED) is 0.792. The number of carbonyl (C=O) groups excluding carboxylic acids is 2. The van der Waals surface area contributed by atoms with Crippen molar-refractivity contribution in [1.29, 1.82) is 0 Å². The van der Waals surface area contributed by atoms with Crippen molar-refractivity contribution < 1.29 is 9.59 Å². The van der Waals surface area contributed by atoms with Crippen LogP contribution in [0.5, 0.6) is 0 Å². The van der Waals surface area contributed by atoms with Crippen LogP contribution in [0.2, 0.25) is 0 Å². The van der Waals surface area contributed by atoms with Crippen LogP contribution in [-0.2, 0) is 0 Å². The molecule has 0 spiro atoms. The molecule has 0 aliphatic rings. The topological polar surface area (TPSA) is 61.4 Å². The van der Waals surface area contributed by atoms with E-state index in [0.29, 0.717) is 17.8 Å². The fraction of sp³-hybridized carbons (Fsp3) is 0.500. The molecular formula is C16H25N3O2. The zero-order chi connectivity index (χ0) is 16.0. The molecular weight excluding hydrogens is 266 g/mol. The maximum Gasteiger partial charge on any atom is 0.319 e. The molecule has 0 heterocycles. The van der Waals surface area contributed by atoms with E-state index < -0.39 is 0 Å². The van der Waals surface area contributed by atoms with Gasteiger partial charge in [-0.05, 0) is 38.6 Å². The molecule has 116 valence electrons. The molecule has 21 heavy (non-hydrogen) atoms. The Morgan fingerprint density at radius 3 is 2.48 bits per heavy atom. The predicted molar refractivity (Wildman–Crippen MR) is 85.8 cm³/mol. The van der Waals surface area contributed by atoms with Crippen LogP contribution < -0.4 is 10.6 Å². The number of hydrogen-bond acceptors (Lipinski definition) is 3. The number of nitrogens with one attached hydrogen (secondary N) is 2. The van der Waals surface area contributed by atoms with Crippen LogP contribution in [0.3, 0.4) is 0 Å². The Hall–Kier alpha value is -1.88. The van der Waals surface area contributed by atoms with Gasteiger partial charge in [-0.15, -0.1) is 0 Å². The second-order valence-corrected chi connectivity index (χ2v) is 6.35. The molecule has 0 aromatic heterocycles. The summed E-state index contributed by atoms with van der Waals surface area (Å²) in [6, 6.07) is 6.65. The molecule has 1 aromatic carbocycles. The van der Waals surface area contributed by atoms with Crippen molar-refractivity contribution in [3.8, 4) is 0 Å². The molecule has 0 aliphatic heterocycles. The summed E-state index contributed by atoms with van der Waals surface area (Å²) in [5.74, 6) is -0.0221. The van der Waals surface area contributed by atoms with Crippen LogP contribution >= 0.6 is 0 Å². The lowest BCUT2D eigenvalue weighted by molar-refractivity contribution is 0.101. The number of anilines is 1. The Morgan fingerprint density at radius 2 is 1.90 bits per heavy atom. The number of rotatable bonds is 6. The van der Waals surface area contributed by atoms with Gasteiger partial charge in [0.25, 0.3) is 0 Å². The monoisotopic (exact) mass is 291 g/mol. The summed E-state index contributed by atoms with van der Waals surface area (Å²) in [5.41, 5.74) is 1.19. The minimum absolute atomic E-state index is 0.0118.